The Kier molecular flexibility index (Phi) is 5.20. The van der Waals surface area contributed by atoms with E-state index >= 15 is 0 Å². The van der Waals surface area contributed by atoms with Crippen LogP contribution in [0.4, 0.5) is 4.39 Å². The Balaban J connectivity index is 1.54. The monoisotopic (exact) mass is 390 g/mol. The first-order chi connectivity index (χ1) is 14.1. The third-order valence-corrected chi connectivity index (χ3v) is 4.42. The van der Waals surface area contributed by atoms with Gasteiger partial charge in [0.15, 0.2) is 0 Å². The van der Waals surface area contributed by atoms with E-state index in [0.717, 1.165) is 22.5 Å². The van der Waals surface area contributed by atoms with Gasteiger partial charge in [-0.3, -0.25) is 4.98 Å². The Labute approximate surface area is 167 Å². The summed E-state index contributed by atoms with van der Waals surface area (Å²) in [5, 5.41) is 0. The summed E-state index contributed by atoms with van der Waals surface area (Å²) in [6, 6.07) is 12.5. The molecule has 0 spiro atoms. The predicted molar refractivity (Wildman–Crippen MR) is 107 cm³/mol. The van der Waals surface area contributed by atoms with E-state index in [2.05, 4.69) is 19.9 Å². The number of aryl methyl sites for hydroxylation is 1. The van der Waals surface area contributed by atoms with Crippen LogP contribution in [0.1, 0.15) is 11.3 Å². The maximum absolute atomic E-state index is 13.0. The van der Waals surface area contributed by atoms with E-state index in [1.807, 2.05) is 37.3 Å². The molecule has 0 aliphatic rings. The Bertz CT molecular complexity index is 1110. The first kappa shape index (κ1) is 18.6. The van der Waals surface area contributed by atoms with Crippen molar-refractivity contribution in [3.8, 4) is 34.1 Å². The van der Waals surface area contributed by atoms with E-state index in [-0.39, 0.29) is 0 Å². The molecule has 0 radical (unpaired) electrons. The molecule has 0 fully saturated rings. The molecule has 3 aromatic heterocycles. The second-order valence-corrected chi connectivity index (χ2v) is 6.47. The molecule has 0 bridgehead atoms. The molecule has 4 rings (SSSR count). The molecule has 0 unspecified atom stereocenters. The van der Waals surface area contributed by atoms with Gasteiger partial charge in [0.2, 0.25) is 5.95 Å². The number of nitrogens with one attached hydrogen (secondary N) is 1. The number of halogens is 1. The summed E-state index contributed by atoms with van der Waals surface area (Å²) in [5.74, 6) is 1.41. The fourth-order valence-corrected chi connectivity index (χ4v) is 2.86. The molecule has 0 saturated carbocycles. The van der Waals surface area contributed by atoms with Crippen molar-refractivity contribution in [2.75, 3.05) is 7.11 Å². The highest BCUT2D eigenvalue weighted by Crippen LogP contribution is 2.33. The molecule has 0 amide bonds. The van der Waals surface area contributed by atoms with Crippen molar-refractivity contribution in [1.82, 2.24) is 19.9 Å². The average Bonchev–Trinajstić information content (AvgIpc) is 3.23. The Morgan fingerprint density at radius 3 is 2.59 bits per heavy atom. The number of benzene rings is 1. The fraction of sp³-hybridized carbons (Fsp3) is 0.136. The fourth-order valence-electron chi connectivity index (χ4n) is 2.86. The lowest BCUT2D eigenvalue weighted by atomic mass is 10.1. The first-order valence-corrected chi connectivity index (χ1v) is 9.02. The van der Waals surface area contributed by atoms with E-state index in [4.69, 9.17) is 9.47 Å². The number of hydrogen-bond acceptors (Lipinski definition) is 5. The number of nitrogens with zero attached hydrogens (tertiary/aromatic N) is 3. The SMILES string of the molecule is COc1cc(OCc2ccc(C)nc2)ccc1-c1cnc(-c2ccc(F)nc2)[nH]1. The van der Waals surface area contributed by atoms with Crippen molar-refractivity contribution in [1.29, 1.82) is 0 Å². The van der Waals surface area contributed by atoms with Gasteiger partial charge in [0, 0.05) is 40.8 Å². The minimum Gasteiger partial charge on any atom is -0.496 e. The lowest BCUT2D eigenvalue weighted by Crippen LogP contribution is -1.97. The quantitative estimate of drug-likeness (QED) is 0.488. The van der Waals surface area contributed by atoms with Crippen LogP contribution in [0.3, 0.4) is 0 Å². The number of hydrogen-bond donors (Lipinski definition) is 1. The Morgan fingerprint density at radius 2 is 1.86 bits per heavy atom. The van der Waals surface area contributed by atoms with E-state index < -0.39 is 5.95 Å². The van der Waals surface area contributed by atoms with Gasteiger partial charge in [0.25, 0.3) is 0 Å². The lowest BCUT2D eigenvalue weighted by molar-refractivity contribution is 0.303. The third-order valence-electron chi connectivity index (χ3n) is 4.42. The standard InChI is InChI=1S/C22H19FN4O2/c1-14-3-4-15(10-24-14)13-29-17-6-7-18(20(9-17)28-2)19-12-26-22(27-19)16-5-8-21(23)25-11-16/h3-12H,13H2,1-2H3,(H,26,27). The van der Waals surface area contributed by atoms with E-state index in [1.54, 1.807) is 25.6 Å². The molecule has 0 aliphatic carbocycles. The van der Waals surface area contributed by atoms with Crippen molar-refractivity contribution in [3.63, 3.8) is 0 Å². The highest BCUT2D eigenvalue weighted by molar-refractivity contribution is 5.70. The number of rotatable bonds is 6. The van der Waals surface area contributed by atoms with Gasteiger partial charge in [-0.25, -0.2) is 9.97 Å². The van der Waals surface area contributed by atoms with Crippen LogP contribution in [0.25, 0.3) is 22.6 Å². The minimum atomic E-state index is -0.529. The summed E-state index contributed by atoms with van der Waals surface area (Å²) in [6.07, 6.45) is 4.94. The molecule has 1 N–H and O–H groups in total. The summed E-state index contributed by atoms with van der Waals surface area (Å²) >= 11 is 0. The number of H-pyrrole nitrogens is 1. The molecular weight excluding hydrogens is 371 g/mol. The zero-order valence-corrected chi connectivity index (χ0v) is 16.0. The van der Waals surface area contributed by atoms with Gasteiger partial charge < -0.3 is 14.5 Å². The molecular formula is C22H19FN4O2. The summed E-state index contributed by atoms with van der Waals surface area (Å²) < 4.78 is 24.4. The highest BCUT2D eigenvalue weighted by atomic mass is 19.1. The summed E-state index contributed by atoms with van der Waals surface area (Å²) in [6.45, 7) is 2.36. The molecule has 1 aromatic carbocycles. The number of aromatic nitrogens is 4. The minimum absolute atomic E-state index is 0.418. The molecule has 146 valence electrons. The molecule has 29 heavy (non-hydrogen) atoms. The highest BCUT2D eigenvalue weighted by Gasteiger charge is 2.12. The van der Waals surface area contributed by atoms with Crippen molar-refractivity contribution >= 4 is 0 Å². The van der Waals surface area contributed by atoms with Gasteiger partial charge in [-0.15, -0.1) is 0 Å². The topological polar surface area (TPSA) is 72.9 Å². The number of pyridine rings is 2. The van der Waals surface area contributed by atoms with Gasteiger partial charge in [-0.1, -0.05) is 6.07 Å². The van der Waals surface area contributed by atoms with Crippen LogP contribution >= 0.6 is 0 Å². The van der Waals surface area contributed by atoms with Crippen LogP contribution in [-0.4, -0.2) is 27.0 Å². The predicted octanol–water partition coefficient (Wildman–Crippen LogP) is 4.57. The second kappa shape index (κ2) is 8.10. The number of methoxy groups -OCH3 is 1. The van der Waals surface area contributed by atoms with Crippen molar-refractivity contribution in [3.05, 3.63) is 78.3 Å². The van der Waals surface area contributed by atoms with Crippen LogP contribution in [0.5, 0.6) is 11.5 Å². The normalized spacial score (nSPS) is 10.7. The van der Waals surface area contributed by atoms with E-state index in [9.17, 15) is 4.39 Å². The number of ether oxygens (including phenoxy) is 2. The van der Waals surface area contributed by atoms with Gasteiger partial charge in [-0.05, 0) is 37.3 Å². The van der Waals surface area contributed by atoms with E-state index in [0.29, 0.717) is 29.5 Å². The first-order valence-electron chi connectivity index (χ1n) is 9.02. The molecule has 0 saturated heterocycles. The Morgan fingerprint density at radius 1 is 0.966 bits per heavy atom. The third kappa shape index (κ3) is 4.24. The average molecular weight is 390 g/mol. The Hall–Kier alpha value is -3.74. The van der Waals surface area contributed by atoms with Gasteiger partial charge in [-0.2, -0.15) is 4.39 Å². The van der Waals surface area contributed by atoms with Gasteiger partial charge in [0.1, 0.15) is 23.9 Å². The zero-order valence-electron chi connectivity index (χ0n) is 16.0. The van der Waals surface area contributed by atoms with Crippen LogP contribution in [0, 0.1) is 12.9 Å². The van der Waals surface area contributed by atoms with Crippen LogP contribution in [0.2, 0.25) is 0 Å². The second-order valence-electron chi connectivity index (χ2n) is 6.47. The smallest absolute Gasteiger partial charge is 0.212 e. The van der Waals surface area contributed by atoms with Crippen molar-refractivity contribution < 1.29 is 13.9 Å². The maximum Gasteiger partial charge on any atom is 0.212 e. The van der Waals surface area contributed by atoms with Gasteiger partial charge in [0.05, 0.1) is 19.0 Å². The van der Waals surface area contributed by atoms with Crippen LogP contribution < -0.4 is 9.47 Å². The molecule has 7 heteroatoms. The van der Waals surface area contributed by atoms with Gasteiger partial charge >= 0.3 is 0 Å². The van der Waals surface area contributed by atoms with Crippen LogP contribution in [0.15, 0.2) is 61.1 Å². The van der Waals surface area contributed by atoms with E-state index in [1.165, 1.54) is 12.3 Å². The molecule has 3 heterocycles. The number of imidazole rings is 1. The van der Waals surface area contributed by atoms with Crippen LogP contribution in [-0.2, 0) is 6.61 Å². The van der Waals surface area contributed by atoms with Crippen molar-refractivity contribution in [2.24, 2.45) is 0 Å². The molecule has 0 atom stereocenters. The molecule has 6 nitrogen and oxygen atoms in total. The maximum atomic E-state index is 13.0. The summed E-state index contributed by atoms with van der Waals surface area (Å²) in [4.78, 5) is 15.5. The largest absolute Gasteiger partial charge is 0.496 e. The molecule has 4 aromatic rings. The number of aromatic amines is 1. The van der Waals surface area contributed by atoms with Crippen molar-refractivity contribution in [2.45, 2.75) is 13.5 Å². The summed E-state index contributed by atoms with van der Waals surface area (Å²) in [7, 11) is 1.60. The zero-order chi connectivity index (χ0) is 20.2. The lowest BCUT2D eigenvalue weighted by Gasteiger charge is -2.11. The summed E-state index contributed by atoms with van der Waals surface area (Å²) in [5.41, 5.74) is 4.27. The molecule has 0 aliphatic heterocycles.